The zero-order chi connectivity index (χ0) is 15.2. The molecule has 0 spiro atoms. The van der Waals surface area contributed by atoms with Gasteiger partial charge in [-0.3, -0.25) is 9.78 Å². The fourth-order valence-electron chi connectivity index (χ4n) is 1.57. The minimum atomic E-state index is -0.339. The molecule has 0 radical (unpaired) electrons. The van der Waals surface area contributed by atoms with E-state index in [1.807, 2.05) is 18.2 Å². The van der Waals surface area contributed by atoms with Crippen LogP contribution in [0.15, 0.2) is 50.7 Å². The standard InChI is InChI=1S/C14H11Br2N3O2/c1-21-13-3-2-11(15)4-9(13)7-18-19-14(20)10-5-12(16)8-17-6-10/h2-8H,1H3,(H,19,20)/b18-7+. The molecule has 0 saturated heterocycles. The lowest BCUT2D eigenvalue weighted by Crippen LogP contribution is -2.17. The molecule has 0 aliphatic heterocycles. The third kappa shape index (κ3) is 4.37. The van der Waals surface area contributed by atoms with E-state index in [4.69, 9.17) is 4.74 Å². The number of carbonyl (C=O) groups is 1. The van der Waals surface area contributed by atoms with E-state index in [0.717, 1.165) is 14.5 Å². The van der Waals surface area contributed by atoms with Gasteiger partial charge in [0.25, 0.3) is 5.91 Å². The van der Waals surface area contributed by atoms with Crippen molar-refractivity contribution in [1.82, 2.24) is 10.4 Å². The predicted octanol–water partition coefficient (Wildman–Crippen LogP) is 3.38. The quantitative estimate of drug-likeness (QED) is 0.618. The number of benzene rings is 1. The van der Waals surface area contributed by atoms with E-state index in [0.29, 0.717) is 11.3 Å². The highest BCUT2D eigenvalue weighted by Gasteiger charge is 2.05. The fourth-order valence-corrected chi connectivity index (χ4v) is 2.31. The van der Waals surface area contributed by atoms with Gasteiger partial charge in [0.2, 0.25) is 0 Å². The summed E-state index contributed by atoms with van der Waals surface area (Å²) >= 11 is 6.63. The van der Waals surface area contributed by atoms with Crippen molar-refractivity contribution in [2.24, 2.45) is 5.10 Å². The molecule has 1 amide bonds. The van der Waals surface area contributed by atoms with Gasteiger partial charge in [-0.05, 0) is 40.2 Å². The Morgan fingerprint density at radius 3 is 2.81 bits per heavy atom. The van der Waals surface area contributed by atoms with E-state index in [2.05, 4.69) is 47.4 Å². The van der Waals surface area contributed by atoms with E-state index in [-0.39, 0.29) is 5.91 Å². The number of hydrogen-bond donors (Lipinski definition) is 1. The molecular weight excluding hydrogens is 402 g/mol. The lowest BCUT2D eigenvalue weighted by molar-refractivity contribution is 0.0954. The maximum atomic E-state index is 11.9. The Morgan fingerprint density at radius 1 is 1.29 bits per heavy atom. The second-order valence-electron chi connectivity index (χ2n) is 3.98. The Bertz CT molecular complexity index is 690. The van der Waals surface area contributed by atoms with E-state index < -0.39 is 0 Å². The van der Waals surface area contributed by atoms with Crippen LogP contribution >= 0.6 is 31.9 Å². The number of halogens is 2. The van der Waals surface area contributed by atoms with E-state index >= 15 is 0 Å². The summed E-state index contributed by atoms with van der Waals surface area (Å²) in [5.74, 6) is 0.328. The highest BCUT2D eigenvalue weighted by molar-refractivity contribution is 9.10. The average molecular weight is 413 g/mol. The van der Waals surface area contributed by atoms with Crippen molar-refractivity contribution in [2.45, 2.75) is 0 Å². The third-order valence-electron chi connectivity index (χ3n) is 2.53. The fraction of sp³-hybridized carbons (Fsp3) is 0.0714. The highest BCUT2D eigenvalue weighted by Crippen LogP contribution is 2.21. The van der Waals surface area contributed by atoms with Gasteiger partial charge in [-0.15, -0.1) is 0 Å². The zero-order valence-corrected chi connectivity index (χ0v) is 14.2. The Labute approximate surface area is 138 Å². The molecule has 0 saturated carbocycles. The summed E-state index contributed by atoms with van der Waals surface area (Å²) in [4.78, 5) is 15.8. The van der Waals surface area contributed by atoms with Gasteiger partial charge in [0, 0.05) is 26.9 Å². The molecule has 1 N–H and O–H groups in total. The van der Waals surface area contributed by atoms with Crippen LogP contribution < -0.4 is 10.2 Å². The largest absolute Gasteiger partial charge is 0.496 e. The number of nitrogens with one attached hydrogen (secondary N) is 1. The van der Waals surface area contributed by atoms with Gasteiger partial charge in [-0.25, -0.2) is 5.43 Å². The Morgan fingerprint density at radius 2 is 2.10 bits per heavy atom. The normalized spacial score (nSPS) is 10.6. The van der Waals surface area contributed by atoms with Crippen molar-refractivity contribution in [1.29, 1.82) is 0 Å². The summed E-state index contributed by atoms with van der Waals surface area (Å²) in [6.45, 7) is 0. The lowest BCUT2D eigenvalue weighted by Gasteiger charge is -2.04. The van der Waals surface area contributed by atoms with Crippen LogP contribution in [0.4, 0.5) is 0 Å². The molecule has 0 unspecified atom stereocenters. The van der Waals surface area contributed by atoms with Gasteiger partial charge >= 0.3 is 0 Å². The number of carbonyl (C=O) groups excluding carboxylic acids is 1. The van der Waals surface area contributed by atoms with Crippen LogP contribution in [-0.4, -0.2) is 24.2 Å². The van der Waals surface area contributed by atoms with Crippen LogP contribution in [0, 0.1) is 0 Å². The molecule has 0 aliphatic rings. The number of nitrogens with zero attached hydrogens (tertiary/aromatic N) is 2. The summed E-state index contributed by atoms with van der Waals surface area (Å²) in [7, 11) is 1.58. The molecule has 2 aromatic rings. The van der Waals surface area contributed by atoms with E-state index in [9.17, 15) is 4.79 Å². The van der Waals surface area contributed by atoms with Crippen LogP contribution in [0.1, 0.15) is 15.9 Å². The van der Waals surface area contributed by atoms with Crippen LogP contribution in [0.25, 0.3) is 0 Å². The number of hydrogen-bond acceptors (Lipinski definition) is 4. The minimum Gasteiger partial charge on any atom is -0.496 e. The molecule has 0 fully saturated rings. The van der Waals surface area contributed by atoms with Crippen molar-refractivity contribution >= 4 is 44.0 Å². The number of pyridine rings is 1. The monoisotopic (exact) mass is 411 g/mol. The smallest absolute Gasteiger partial charge is 0.272 e. The molecule has 2 rings (SSSR count). The molecule has 5 nitrogen and oxygen atoms in total. The van der Waals surface area contributed by atoms with E-state index in [1.54, 1.807) is 19.4 Å². The first-order valence-corrected chi connectivity index (χ1v) is 7.46. The van der Waals surface area contributed by atoms with Crippen molar-refractivity contribution < 1.29 is 9.53 Å². The topological polar surface area (TPSA) is 63.6 Å². The van der Waals surface area contributed by atoms with Gasteiger partial charge in [0.15, 0.2) is 0 Å². The molecular formula is C14H11Br2N3O2. The molecule has 1 heterocycles. The molecule has 0 bridgehead atoms. The molecule has 7 heteroatoms. The maximum absolute atomic E-state index is 11.9. The third-order valence-corrected chi connectivity index (χ3v) is 3.46. The second kappa shape index (κ2) is 7.33. The summed E-state index contributed by atoms with van der Waals surface area (Å²) in [6.07, 6.45) is 4.59. The first-order valence-electron chi connectivity index (χ1n) is 5.87. The Hall–Kier alpha value is -1.73. The summed E-state index contributed by atoms with van der Waals surface area (Å²) in [6, 6.07) is 7.18. The SMILES string of the molecule is COc1ccc(Br)cc1/C=N/NC(=O)c1cncc(Br)c1. The van der Waals surface area contributed by atoms with Crippen molar-refractivity contribution in [3.8, 4) is 5.75 Å². The van der Waals surface area contributed by atoms with Crippen LogP contribution in [0.5, 0.6) is 5.75 Å². The summed E-state index contributed by atoms with van der Waals surface area (Å²) < 4.78 is 6.84. The number of methoxy groups -OCH3 is 1. The highest BCUT2D eigenvalue weighted by atomic mass is 79.9. The summed E-state index contributed by atoms with van der Waals surface area (Å²) in [5.41, 5.74) is 3.61. The maximum Gasteiger partial charge on any atom is 0.272 e. The zero-order valence-electron chi connectivity index (χ0n) is 11.0. The number of ether oxygens (including phenoxy) is 1. The number of rotatable bonds is 4. The second-order valence-corrected chi connectivity index (χ2v) is 5.81. The van der Waals surface area contributed by atoms with Crippen LogP contribution in [0.2, 0.25) is 0 Å². The lowest BCUT2D eigenvalue weighted by atomic mass is 10.2. The first kappa shape index (κ1) is 15.7. The minimum absolute atomic E-state index is 0.339. The molecule has 108 valence electrons. The molecule has 21 heavy (non-hydrogen) atoms. The molecule has 1 aromatic carbocycles. The van der Waals surface area contributed by atoms with E-state index in [1.165, 1.54) is 12.4 Å². The van der Waals surface area contributed by atoms with Gasteiger partial charge in [-0.2, -0.15) is 5.10 Å². The van der Waals surface area contributed by atoms with Crippen molar-refractivity contribution in [3.63, 3.8) is 0 Å². The number of hydrazone groups is 1. The van der Waals surface area contributed by atoms with Crippen LogP contribution in [-0.2, 0) is 0 Å². The number of amides is 1. The number of aromatic nitrogens is 1. The first-order chi connectivity index (χ1) is 10.1. The molecule has 0 atom stereocenters. The van der Waals surface area contributed by atoms with Gasteiger partial charge < -0.3 is 4.74 Å². The van der Waals surface area contributed by atoms with Gasteiger partial charge in [0.1, 0.15) is 5.75 Å². The Kier molecular flexibility index (Phi) is 5.46. The summed E-state index contributed by atoms with van der Waals surface area (Å²) in [5, 5.41) is 3.93. The van der Waals surface area contributed by atoms with Crippen molar-refractivity contribution in [2.75, 3.05) is 7.11 Å². The van der Waals surface area contributed by atoms with Gasteiger partial charge in [0.05, 0.1) is 18.9 Å². The van der Waals surface area contributed by atoms with Crippen molar-refractivity contribution in [3.05, 3.63) is 56.7 Å². The van der Waals surface area contributed by atoms with Gasteiger partial charge in [-0.1, -0.05) is 15.9 Å². The molecule has 1 aromatic heterocycles. The van der Waals surface area contributed by atoms with Crippen LogP contribution in [0.3, 0.4) is 0 Å². The molecule has 0 aliphatic carbocycles. The Balaban J connectivity index is 2.09. The average Bonchev–Trinajstić information content (AvgIpc) is 2.47. The predicted molar refractivity (Wildman–Crippen MR) is 87.7 cm³/mol.